The van der Waals surface area contributed by atoms with Crippen molar-refractivity contribution in [1.29, 1.82) is 0 Å². The number of hydrogen-bond acceptors (Lipinski definition) is 3. The molecule has 2 heterocycles. The largest absolute Gasteiger partial charge is 0.354 e. The van der Waals surface area contributed by atoms with Crippen molar-refractivity contribution in [2.75, 3.05) is 18.4 Å². The molecule has 1 saturated heterocycles. The Labute approximate surface area is 147 Å². The maximum Gasteiger partial charge on any atom is 0.255 e. The minimum absolute atomic E-state index is 0.0560. The van der Waals surface area contributed by atoms with Crippen LogP contribution < -0.4 is 5.32 Å². The molecule has 0 radical (unpaired) electrons. The van der Waals surface area contributed by atoms with E-state index in [0.29, 0.717) is 16.5 Å². The molecule has 0 aliphatic carbocycles. The first-order valence-corrected chi connectivity index (χ1v) is 8.68. The first-order valence-electron chi connectivity index (χ1n) is 8.30. The van der Waals surface area contributed by atoms with Crippen LogP contribution in [0.4, 0.5) is 11.4 Å². The highest BCUT2D eigenvalue weighted by Crippen LogP contribution is 2.25. The van der Waals surface area contributed by atoms with Gasteiger partial charge in [-0.15, -0.1) is 0 Å². The summed E-state index contributed by atoms with van der Waals surface area (Å²) in [6, 6.07) is 7.55. The number of carbonyl (C=O) groups is 1. The maximum atomic E-state index is 12.7. The van der Waals surface area contributed by atoms with E-state index in [-0.39, 0.29) is 5.91 Å². The van der Waals surface area contributed by atoms with Gasteiger partial charge in [-0.25, -0.2) is 0 Å². The molecule has 5 heteroatoms. The van der Waals surface area contributed by atoms with Crippen molar-refractivity contribution in [3.05, 3.63) is 52.8 Å². The molecule has 1 aliphatic rings. The number of nitrogens with one attached hydrogen (secondary N) is 1. The van der Waals surface area contributed by atoms with Gasteiger partial charge >= 0.3 is 0 Å². The second-order valence-corrected chi connectivity index (χ2v) is 6.98. The molecule has 1 N–H and O–H groups in total. The zero-order valence-corrected chi connectivity index (χ0v) is 14.8. The summed E-state index contributed by atoms with van der Waals surface area (Å²) in [5.74, 6) is 0.617. The maximum absolute atomic E-state index is 12.7. The monoisotopic (exact) mass is 343 g/mol. The Morgan fingerprint density at radius 1 is 1.33 bits per heavy atom. The van der Waals surface area contributed by atoms with Crippen LogP contribution in [0.2, 0.25) is 5.02 Å². The average Bonchev–Trinajstić information content (AvgIpc) is 2.58. The second-order valence-electron chi connectivity index (χ2n) is 6.55. The lowest BCUT2D eigenvalue weighted by molar-refractivity contribution is 0.0682. The van der Waals surface area contributed by atoms with Crippen molar-refractivity contribution in [1.82, 2.24) is 9.88 Å². The third-order valence-electron chi connectivity index (χ3n) is 4.41. The molecule has 1 unspecified atom stereocenters. The Hall–Kier alpha value is -2.07. The standard InChI is InChI=1S/C19H22ClN3O/c1-13-4-3-7-23(12-13)19(24)15-8-17(11-21-10-15)22-18-9-16(20)6-5-14(18)2/h5-6,8-11,13,22H,3-4,7,12H2,1-2H3. The van der Waals surface area contributed by atoms with E-state index in [2.05, 4.69) is 17.2 Å². The number of hydrogen-bond donors (Lipinski definition) is 1. The molecule has 0 bridgehead atoms. The third-order valence-corrected chi connectivity index (χ3v) is 4.64. The molecule has 1 aromatic heterocycles. The van der Waals surface area contributed by atoms with Crippen LogP contribution in [0, 0.1) is 12.8 Å². The van der Waals surface area contributed by atoms with Gasteiger partial charge in [0, 0.05) is 30.0 Å². The lowest BCUT2D eigenvalue weighted by atomic mass is 10.00. The zero-order chi connectivity index (χ0) is 17.1. The van der Waals surface area contributed by atoms with E-state index in [1.165, 1.54) is 6.42 Å². The highest BCUT2D eigenvalue weighted by molar-refractivity contribution is 6.30. The third kappa shape index (κ3) is 3.88. The molecule has 1 fully saturated rings. The van der Waals surface area contributed by atoms with Crippen molar-refractivity contribution in [3.8, 4) is 0 Å². The van der Waals surface area contributed by atoms with E-state index >= 15 is 0 Å². The zero-order valence-electron chi connectivity index (χ0n) is 14.1. The number of piperidine rings is 1. The summed E-state index contributed by atoms with van der Waals surface area (Å²) in [5, 5.41) is 3.97. The van der Waals surface area contributed by atoms with E-state index in [0.717, 1.165) is 36.4 Å². The molecule has 4 nitrogen and oxygen atoms in total. The summed E-state index contributed by atoms with van der Waals surface area (Å²) < 4.78 is 0. The van der Waals surface area contributed by atoms with E-state index < -0.39 is 0 Å². The van der Waals surface area contributed by atoms with Gasteiger partial charge in [0.2, 0.25) is 0 Å². The fourth-order valence-corrected chi connectivity index (χ4v) is 3.24. The first kappa shape index (κ1) is 16.8. The van der Waals surface area contributed by atoms with Crippen molar-refractivity contribution in [3.63, 3.8) is 0 Å². The van der Waals surface area contributed by atoms with Crippen LogP contribution in [0.25, 0.3) is 0 Å². The summed E-state index contributed by atoms with van der Waals surface area (Å²) in [4.78, 5) is 18.9. The van der Waals surface area contributed by atoms with E-state index in [1.54, 1.807) is 12.4 Å². The Morgan fingerprint density at radius 3 is 2.96 bits per heavy atom. The van der Waals surface area contributed by atoms with Crippen molar-refractivity contribution in [2.45, 2.75) is 26.7 Å². The fourth-order valence-electron chi connectivity index (χ4n) is 3.07. The molecule has 2 aromatic rings. The predicted molar refractivity (Wildman–Crippen MR) is 98.0 cm³/mol. The number of aryl methyl sites for hydroxylation is 1. The van der Waals surface area contributed by atoms with Gasteiger partial charge in [-0.05, 0) is 49.4 Å². The van der Waals surface area contributed by atoms with Crippen LogP contribution >= 0.6 is 11.6 Å². The lowest BCUT2D eigenvalue weighted by Gasteiger charge is -2.31. The Bertz CT molecular complexity index is 747. The van der Waals surface area contributed by atoms with Gasteiger partial charge in [0.1, 0.15) is 0 Å². The highest BCUT2D eigenvalue weighted by atomic mass is 35.5. The highest BCUT2D eigenvalue weighted by Gasteiger charge is 2.22. The number of pyridine rings is 1. The summed E-state index contributed by atoms with van der Waals surface area (Å²) in [6.07, 6.45) is 5.62. The van der Waals surface area contributed by atoms with Gasteiger partial charge in [-0.1, -0.05) is 24.6 Å². The van der Waals surface area contributed by atoms with Crippen LogP contribution in [-0.4, -0.2) is 28.9 Å². The second kappa shape index (κ2) is 7.22. The summed E-state index contributed by atoms with van der Waals surface area (Å²) in [7, 11) is 0. The number of benzene rings is 1. The van der Waals surface area contributed by atoms with Gasteiger partial charge in [0.25, 0.3) is 5.91 Å². The minimum Gasteiger partial charge on any atom is -0.354 e. The molecule has 3 rings (SSSR count). The summed E-state index contributed by atoms with van der Waals surface area (Å²) in [6.45, 7) is 5.85. The molecule has 1 amide bonds. The molecule has 0 saturated carbocycles. The number of rotatable bonds is 3. The molecule has 24 heavy (non-hydrogen) atoms. The van der Waals surface area contributed by atoms with Crippen molar-refractivity contribution in [2.24, 2.45) is 5.92 Å². The van der Waals surface area contributed by atoms with E-state index in [1.807, 2.05) is 36.1 Å². The number of anilines is 2. The Kier molecular flexibility index (Phi) is 5.05. The molecule has 1 aliphatic heterocycles. The van der Waals surface area contributed by atoms with E-state index in [4.69, 9.17) is 11.6 Å². The van der Waals surface area contributed by atoms with Crippen molar-refractivity contribution >= 4 is 28.9 Å². The topological polar surface area (TPSA) is 45.2 Å². The van der Waals surface area contributed by atoms with Gasteiger partial charge < -0.3 is 10.2 Å². The minimum atomic E-state index is 0.0560. The van der Waals surface area contributed by atoms with Crippen LogP contribution in [-0.2, 0) is 0 Å². The van der Waals surface area contributed by atoms with Crippen LogP contribution in [0.15, 0.2) is 36.7 Å². The average molecular weight is 344 g/mol. The van der Waals surface area contributed by atoms with Gasteiger partial charge in [0.15, 0.2) is 0 Å². The van der Waals surface area contributed by atoms with Crippen LogP contribution in [0.3, 0.4) is 0 Å². The molecular formula is C19H22ClN3O. The van der Waals surface area contributed by atoms with Crippen molar-refractivity contribution < 1.29 is 4.79 Å². The van der Waals surface area contributed by atoms with Gasteiger partial charge in [0.05, 0.1) is 17.4 Å². The normalized spacial score (nSPS) is 17.6. The Morgan fingerprint density at radius 2 is 2.17 bits per heavy atom. The molecule has 1 atom stereocenters. The van der Waals surface area contributed by atoms with Crippen LogP contribution in [0.1, 0.15) is 35.7 Å². The molecular weight excluding hydrogens is 322 g/mol. The molecule has 1 aromatic carbocycles. The fraction of sp³-hybridized carbons (Fsp3) is 0.368. The summed E-state index contributed by atoms with van der Waals surface area (Å²) >= 11 is 6.06. The molecule has 126 valence electrons. The summed E-state index contributed by atoms with van der Waals surface area (Å²) in [5.41, 5.74) is 3.41. The SMILES string of the molecule is Cc1ccc(Cl)cc1Nc1cncc(C(=O)N2CCCC(C)C2)c1. The smallest absolute Gasteiger partial charge is 0.255 e. The number of aromatic nitrogens is 1. The molecule has 0 spiro atoms. The quantitative estimate of drug-likeness (QED) is 0.881. The number of likely N-dealkylation sites (tertiary alicyclic amines) is 1. The van der Waals surface area contributed by atoms with Gasteiger partial charge in [-0.3, -0.25) is 9.78 Å². The number of halogens is 1. The number of nitrogens with zero attached hydrogens (tertiary/aromatic N) is 2. The Balaban J connectivity index is 1.78. The van der Waals surface area contributed by atoms with Crippen LogP contribution in [0.5, 0.6) is 0 Å². The predicted octanol–water partition coefficient (Wildman–Crippen LogP) is 4.66. The lowest BCUT2D eigenvalue weighted by Crippen LogP contribution is -2.39. The van der Waals surface area contributed by atoms with E-state index in [9.17, 15) is 4.79 Å². The number of carbonyl (C=O) groups excluding carboxylic acids is 1. The van der Waals surface area contributed by atoms with Gasteiger partial charge in [-0.2, -0.15) is 0 Å². The first-order chi connectivity index (χ1) is 11.5. The number of amides is 1.